The van der Waals surface area contributed by atoms with Gasteiger partial charge in [0.2, 0.25) is 0 Å². The zero-order valence-corrected chi connectivity index (χ0v) is 10.9. The van der Waals surface area contributed by atoms with E-state index in [9.17, 15) is 13.2 Å². The molecule has 0 spiro atoms. The Balaban J connectivity index is 1.93. The van der Waals surface area contributed by atoms with E-state index in [0.29, 0.717) is 19.5 Å². The zero-order chi connectivity index (χ0) is 13.2. The molecule has 1 aliphatic heterocycles. The fraction of sp³-hybridized carbons (Fsp3) is 0.667. The lowest BCUT2D eigenvalue weighted by molar-refractivity contribution is -0.187. The first-order chi connectivity index (χ1) is 8.49. The van der Waals surface area contributed by atoms with Gasteiger partial charge in [-0.15, -0.1) is 11.3 Å². The van der Waals surface area contributed by atoms with Crippen LogP contribution in [0.5, 0.6) is 0 Å². The van der Waals surface area contributed by atoms with Gasteiger partial charge in [-0.25, -0.2) is 0 Å². The monoisotopic (exact) mass is 278 g/mol. The molecule has 1 saturated heterocycles. The second-order valence-electron chi connectivity index (χ2n) is 4.69. The van der Waals surface area contributed by atoms with E-state index in [0.717, 1.165) is 16.3 Å². The molecule has 1 unspecified atom stereocenters. The Bertz CT molecular complexity index is 389. The van der Waals surface area contributed by atoms with Gasteiger partial charge in [-0.2, -0.15) is 13.2 Å². The number of halogens is 3. The topological polar surface area (TPSA) is 29.3 Å². The zero-order valence-electron chi connectivity index (χ0n) is 10.0. The molecule has 1 atom stereocenters. The summed E-state index contributed by atoms with van der Waals surface area (Å²) in [6.07, 6.45) is -3.17. The lowest BCUT2D eigenvalue weighted by Crippen LogP contribution is -2.41. The van der Waals surface area contributed by atoms with Crippen LogP contribution in [0.3, 0.4) is 0 Å². The number of alkyl halides is 3. The molecule has 18 heavy (non-hydrogen) atoms. The van der Waals surface area contributed by atoms with Crippen LogP contribution in [0.4, 0.5) is 13.2 Å². The highest BCUT2D eigenvalue weighted by Gasteiger charge is 2.41. The lowest BCUT2D eigenvalue weighted by atomic mass is 9.97. The van der Waals surface area contributed by atoms with Crippen molar-refractivity contribution in [1.82, 2.24) is 4.90 Å². The summed E-state index contributed by atoms with van der Waals surface area (Å²) in [6.45, 7) is 1.98. The van der Waals surface area contributed by atoms with Gasteiger partial charge in [0.1, 0.15) is 0 Å². The minimum Gasteiger partial charge on any atom is -0.326 e. The first-order valence-corrected chi connectivity index (χ1v) is 6.87. The van der Waals surface area contributed by atoms with Gasteiger partial charge in [-0.05, 0) is 31.5 Å². The maximum Gasteiger partial charge on any atom is 0.393 e. The second kappa shape index (κ2) is 5.59. The summed E-state index contributed by atoms with van der Waals surface area (Å²) < 4.78 is 38.0. The summed E-state index contributed by atoms with van der Waals surface area (Å²) in [5, 5.41) is 0. The van der Waals surface area contributed by atoms with Crippen molar-refractivity contribution in [2.45, 2.75) is 32.1 Å². The summed E-state index contributed by atoms with van der Waals surface area (Å²) in [7, 11) is 0. The molecule has 2 N–H and O–H groups in total. The van der Waals surface area contributed by atoms with Gasteiger partial charge >= 0.3 is 6.18 Å². The number of hydrogen-bond acceptors (Lipinski definition) is 3. The molecule has 102 valence electrons. The van der Waals surface area contributed by atoms with E-state index in [1.807, 2.05) is 17.0 Å². The Hall–Kier alpha value is -0.590. The highest BCUT2D eigenvalue weighted by atomic mass is 32.1. The lowest BCUT2D eigenvalue weighted by Gasteiger charge is -2.33. The fourth-order valence-corrected chi connectivity index (χ4v) is 3.24. The molecule has 0 bridgehead atoms. The molecule has 2 rings (SSSR count). The minimum absolute atomic E-state index is 0.124. The molecular formula is C12H17F3N2S. The van der Waals surface area contributed by atoms with Crippen LogP contribution in [0.2, 0.25) is 0 Å². The van der Waals surface area contributed by atoms with Crippen molar-refractivity contribution in [2.24, 2.45) is 11.7 Å². The second-order valence-corrected chi connectivity index (χ2v) is 5.94. The minimum atomic E-state index is -4.06. The maximum atomic E-state index is 12.7. The van der Waals surface area contributed by atoms with Gasteiger partial charge in [-0.3, -0.25) is 4.90 Å². The van der Waals surface area contributed by atoms with Crippen LogP contribution < -0.4 is 5.73 Å². The van der Waals surface area contributed by atoms with E-state index in [1.165, 1.54) is 0 Å². The average molecular weight is 278 g/mol. The van der Waals surface area contributed by atoms with Crippen LogP contribution in [0.15, 0.2) is 12.1 Å². The van der Waals surface area contributed by atoms with Gasteiger partial charge in [0.15, 0.2) is 0 Å². The van der Waals surface area contributed by atoms with Crippen molar-refractivity contribution in [3.05, 3.63) is 21.9 Å². The van der Waals surface area contributed by atoms with Crippen molar-refractivity contribution in [2.75, 3.05) is 13.1 Å². The Morgan fingerprint density at radius 2 is 2.06 bits per heavy atom. The van der Waals surface area contributed by atoms with Crippen LogP contribution in [0.1, 0.15) is 22.6 Å². The van der Waals surface area contributed by atoms with E-state index < -0.39 is 12.1 Å². The quantitative estimate of drug-likeness (QED) is 0.921. The Kier molecular flexibility index (Phi) is 4.29. The number of piperidine rings is 1. The Labute approximate surface area is 109 Å². The van der Waals surface area contributed by atoms with Crippen LogP contribution in [-0.2, 0) is 13.1 Å². The molecule has 0 amide bonds. The van der Waals surface area contributed by atoms with E-state index in [4.69, 9.17) is 5.73 Å². The highest BCUT2D eigenvalue weighted by molar-refractivity contribution is 7.11. The van der Waals surface area contributed by atoms with Crippen molar-refractivity contribution in [3.8, 4) is 0 Å². The Morgan fingerprint density at radius 1 is 1.33 bits per heavy atom. The summed E-state index contributed by atoms with van der Waals surface area (Å²) in [4.78, 5) is 4.07. The van der Waals surface area contributed by atoms with Crippen molar-refractivity contribution < 1.29 is 13.2 Å². The smallest absolute Gasteiger partial charge is 0.326 e. The van der Waals surface area contributed by atoms with Crippen LogP contribution in [-0.4, -0.2) is 24.2 Å². The fourth-order valence-electron chi connectivity index (χ4n) is 2.30. The number of thiophene rings is 1. The molecule has 0 aliphatic carbocycles. The van der Waals surface area contributed by atoms with E-state index in [1.54, 1.807) is 11.3 Å². The predicted octanol–water partition coefficient (Wildman–Crippen LogP) is 2.98. The molecule has 0 aromatic carbocycles. The molecule has 0 saturated carbocycles. The van der Waals surface area contributed by atoms with E-state index in [-0.39, 0.29) is 13.0 Å². The largest absolute Gasteiger partial charge is 0.393 e. The SMILES string of the molecule is NCc1ccc(CN2CCCC(C(F)(F)F)C2)s1. The summed E-state index contributed by atoms with van der Waals surface area (Å²) >= 11 is 1.59. The van der Waals surface area contributed by atoms with Crippen molar-refractivity contribution >= 4 is 11.3 Å². The third-order valence-corrected chi connectivity index (χ3v) is 4.36. The van der Waals surface area contributed by atoms with E-state index >= 15 is 0 Å². The van der Waals surface area contributed by atoms with Gasteiger partial charge < -0.3 is 5.73 Å². The molecule has 0 radical (unpaired) electrons. The predicted molar refractivity (Wildman–Crippen MR) is 66.3 cm³/mol. The number of rotatable bonds is 3. The van der Waals surface area contributed by atoms with Crippen molar-refractivity contribution in [3.63, 3.8) is 0 Å². The third kappa shape index (κ3) is 3.46. The van der Waals surface area contributed by atoms with Gasteiger partial charge in [0, 0.05) is 29.4 Å². The van der Waals surface area contributed by atoms with Gasteiger partial charge in [0.25, 0.3) is 0 Å². The van der Waals surface area contributed by atoms with E-state index in [2.05, 4.69) is 0 Å². The first-order valence-electron chi connectivity index (χ1n) is 6.06. The van der Waals surface area contributed by atoms with Crippen LogP contribution >= 0.6 is 11.3 Å². The summed E-state index contributed by atoms with van der Waals surface area (Å²) in [5.74, 6) is -1.17. The number of likely N-dealkylation sites (tertiary alicyclic amines) is 1. The number of nitrogens with zero attached hydrogens (tertiary/aromatic N) is 1. The molecule has 6 heteroatoms. The maximum absolute atomic E-state index is 12.7. The third-order valence-electron chi connectivity index (χ3n) is 3.27. The number of nitrogens with two attached hydrogens (primary N) is 1. The molecule has 1 aromatic heterocycles. The Morgan fingerprint density at radius 3 is 2.67 bits per heavy atom. The average Bonchev–Trinajstić information content (AvgIpc) is 2.76. The molecular weight excluding hydrogens is 261 g/mol. The molecule has 1 aliphatic rings. The molecule has 1 fully saturated rings. The molecule has 2 heterocycles. The standard InChI is InChI=1S/C12H17F3N2S/c13-12(14,15)9-2-1-5-17(7-9)8-11-4-3-10(6-16)18-11/h3-4,9H,1-2,5-8,16H2. The first kappa shape index (κ1) is 13.8. The molecule has 2 nitrogen and oxygen atoms in total. The summed E-state index contributed by atoms with van der Waals surface area (Å²) in [6, 6.07) is 3.91. The van der Waals surface area contributed by atoms with Crippen molar-refractivity contribution in [1.29, 1.82) is 0 Å². The van der Waals surface area contributed by atoms with Gasteiger partial charge in [-0.1, -0.05) is 0 Å². The highest BCUT2D eigenvalue weighted by Crippen LogP contribution is 2.33. The number of hydrogen-bond donors (Lipinski definition) is 1. The summed E-state index contributed by atoms with van der Waals surface area (Å²) in [5.41, 5.74) is 5.52. The van der Waals surface area contributed by atoms with Gasteiger partial charge in [0.05, 0.1) is 5.92 Å². The molecule has 1 aromatic rings. The van der Waals surface area contributed by atoms with Crippen LogP contribution in [0, 0.1) is 5.92 Å². The van der Waals surface area contributed by atoms with Crippen LogP contribution in [0.25, 0.3) is 0 Å². The normalized spacial score (nSPS) is 22.3.